The van der Waals surface area contributed by atoms with Crippen LogP contribution in [0.2, 0.25) is 0 Å². The number of alkyl halides is 1. The fourth-order valence-corrected chi connectivity index (χ4v) is 14.1. The lowest BCUT2D eigenvalue weighted by atomic mass is 9.44. The second-order valence-corrected chi connectivity index (χ2v) is 26.1. The molecule has 0 spiro atoms. The van der Waals surface area contributed by atoms with E-state index in [1.807, 2.05) is 0 Å². The molecule has 4 aliphatic rings. The maximum Gasteiger partial charge on any atom is 0.320 e. The van der Waals surface area contributed by atoms with Crippen molar-refractivity contribution < 1.29 is 62.3 Å². The van der Waals surface area contributed by atoms with E-state index in [0.717, 1.165) is 70.1 Å². The van der Waals surface area contributed by atoms with Gasteiger partial charge in [0, 0.05) is 42.4 Å². The van der Waals surface area contributed by atoms with E-state index in [4.69, 9.17) is 18.9 Å². The Morgan fingerprint density at radius 3 is 1.73 bits per heavy atom. The van der Waals surface area contributed by atoms with Gasteiger partial charge in [0.15, 0.2) is 18.1 Å². The molecule has 82 heavy (non-hydrogen) atoms. The molecule has 9 atom stereocenters. The SMILES string of the molecule is CCCCCCCC/C=C\CCCCCCCC(=O)OCCC(CCOC(=O)CCCCCCCCCCCCCCC(C)C)OC(=O)CN(C)CC(=O)OCC(=O)[C@@]1(O)[C@H](C)C[C@H]2[C@@H]3CCC4=CC(=O)C=C[C@]4(C)[C@@]3(F)[C@@H](O)C[C@@]21C. The smallest absolute Gasteiger partial charge is 0.320 e. The van der Waals surface area contributed by atoms with Gasteiger partial charge in [0.1, 0.15) is 11.7 Å². The highest BCUT2D eigenvalue weighted by atomic mass is 19.1. The minimum atomic E-state index is -2.13. The summed E-state index contributed by atoms with van der Waals surface area (Å²) in [6, 6.07) is 0. The number of esters is 4. The minimum absolute atomic E-state index is 0.0145. The molecule has 0 saturated heterocycles. The Morgan fingerprint density at radius 1 is 0.695 bits per heavy atom. The molecule has 3 saturated carbocycles. The van der Waals surface area contributed by atoms with Gasteiger partial charge in [-0.2, -0.15) is 0 Å². The largest absolute Gasteiger partial charge is 0.466 e. The average molecular weight is 1150 g/mol. The molecule has 0 bridgehead atoms. The number of hydrogen-bond acceptors (Lipinski definition) is 13. The molecule has 14 heteroatoms. The summed E-state index contributed by atoms with van der Waals surface area (Å²) in [4.78, 5) is 79.6. The highest BCUT2D eigenvalue weighted by Crippen LogP contribution is 2.70. The van der Waals surface area contributed by atoms with Crippen molar-refractivity contribution in [2.45, 2.75) is 283 Å². The van der Waals surface area contributed by atoms with E-state index >= 15 is 4.39 Å². The van der Waals surface area contributed by atoms with Crippen molar-refractivity contribution in [2.75, 3.05) is 40.0 Å². The van der Waals surface area contributed by atoms with Crippen LogP contribution in [0.3, 0.4) is 0 Å². The monoisotopic (exact) mass is 1150 g/mol. The summed E-state index contributed by atoms with van der Waals surface area (Å²) >= 11 is 0. The fraction of sp³-hybridized carbons (Fsp3) is 0.824. The molecule has 4 aliphatic carbocycles. The Hall–Kier alpha value is -3.75. The van der Waals surface area contributed by atoms with Crippen molar-refractivity contribution in [3.63, 3.8) is 0 Å². The topological polar surface area (TPSA) is 183 Å². The van der Waals surface area contributed by atoms with Gasteiger partial charge in [-0.3, -0.25) is 33.7 Å². The lowest BCUT2D eigenvalue weighted by Crippen LogP contribution is -2.69. The summed E-state index contributed by atoms with van der Waals surface area (Å²) in [5.41, 5.74) is -5.97. The van der Waals surface area contributed by atoms with E-state index < -0.39 is 76.4 Å². The number of aliphatic hydroxyl groups is 2. The molecule has 0 amide bonds. The Balaban J connectivity index is 1.19. The summed E-state index contributed by atoms with van der Waals surface area (Å²) in [7, 11) is 1.52. The maximum absolute atomic E-state index is 17.6. The van der Waals surface area contributed by atoms with Crippen LogP contribution in [0, 0.1) is 34.5 Å². The zero-order chi connectivity index (χ0) is 60.0. The number of nitrogens with zero attached hydrogens (tertiary/aromatic N) is 1. The number of likely N-dealkylation sites (N-methyl/N-ethyl adjacent to an activating group) is 1. The quantitative estimate of drug-likeness (QED) is 0.0255. The molecule has 0 aromatic rings. The normalized spacial score (nSPS) is 26.1. The fourth-order valence-electron chi connectivity index (χ4n) is 14.1. The molecule has 13 nitrogen and oxygen atoms in total. The van der Waals surface area contributed by atoms with Crippen molar-refractivity contribution in [3.8, 4) is 0 Å². The third-order valence-corrected chi connectivity index (χ3v) is 19.1. The van der Waals surface area contributed by atoms with Crippen molar-refractivity contribution in [1.82, 2.24) is 4.90 Å². The highest BCUT2D eigenvalue weighted by Gasteiger charge is 2.75. The summed E-state index contributed by atoms with van der Waals surface area (Å²) in [5.74, 6) is -4.09. The van der Waals surface area contributed by atoms with E-state index in [1.165, 1.54) is 127 Å². The van der Waals surface area contributed by atoms with Crippen LogP contribution in [0.15, 0.2) is 36.0 Å². The van der Waals surface area contributed by atoms with Gasteiger partial charge in [0.05, 0.1) is 32.4 Å². The number of Topliss-reactive ketones (excluding diaryl/α,β-unsaturated/α-hetero) is 1. The van der Waals surface area contributed by atoms with Gasteiger partial charge in [0.2, 0.25) is 5.78 Å². The highest BCUT2D eigenvalue weighted by molar-refractivity contribution is 6.01. The Kier molecular flexibility index (Phi) is 31.9. The van der Waals surface area contributed by atoms with Crippen LogP contribution >= 0.6 is 0 Å². The number of halogens is 1. The van der Waals surface area contributed by atoms with Crippen LogP contribution in [0.25, 0.3) is 0 Å². The third-order valence-electron chi connectivity index (χ3n) is 19.1. The van der Waals surface area contributed by atoms with Gasteiger partial charge in [-0.15, -0.1) is 0 Å². The number of ether oxygens (including phenoxy) is 4. The molecule has 0 aliphatic heterocycles. The summed E-state index contributed by atoms with van der Waals surface area (Å²) in [6.45, 7) is 10.6. The van der Waals surface area contributed by atoms with Crippen molar-refractivity contribution in [3.05, 3.63) is 36.0 Å². The number of aliphatic hydroxyl groups excluding tert-OH is 1. The predicted molar refractivity (Wildman–Crippen MR) is 321 cm³/mol. The predicted octanol–water partition coefficient (Wildman–Crippen LogP) is 14.3. The number of ketones is 2. The third kappa shape index (κ3) is 21.6. The number of fused-ring (bicyclic) bond motifs is 5. The van der Waals surface area contributed by atoms with Crippen LogP contribution in [-0.4, -0.2) is 114 Å². The first kappa shape index (κ1) is 70.7. The maximum atomic E-state index is 17.6. The summed E-state index contributed by atoms with van der Waals surface area (Å²) in [5, 5.41) is 24.1. The van der Waals surface area contributed by atoms with Gasteiger partial charge in [-0.1, -0.05) is 187 Å². The van der Waals surface area contributed by atoms with E-state index in [0.29, 0.717) is 37.7 Å². The molecule has 1 unspecified atom stereocenters. The Bertz CT molecular complexity index is 2050. The van der Waals surface area contributed by atoms with Crippen LogP contribution < -0.4 is 0 Å². The van der Waals surface area contributed by atoms with Gasteiger partial charge < -0.3 is 29.2 Å². The lowest BCUT2D eigenvalue weighted by Gasteiger charge is -2.62. The van der Waals surface area contributed by atoms with Gasteiger partial charge in [-0.05, 0) is 108 Å². The standard InChI is InChI=1S/C68H112FNO12/c1-8-9-10-11-12-13-14-15-16-17-21-24-27-30-33-36-61(74)79-44-41-56(42-45-80-62(75)37-34-31-28-25-22-19-18-20-23-26-29-32-35-52(2)3)82-64(77)50-70(7)49-63(76)81-51-60(73)68(78)53(4)46-58-57-39-38-54-47-55(71)40-43-65(54,5)67(57,69)59(72)48-66(58,68)6/h15-16,40,43,47,52-53,56-59,72,78H,8-14,17-39,41-42,44-46,48-51H2,1-7H3/b16-15-/t53-,56?,57+,58+,59+,65+,66+,67+,68+/m1/s1. The first-order valence-corrected chi connectivity index (χ1v) is 32.8. The first-order valence-electron chi connectivity index (χ1n) is 32.8. The molecule has 0 aromatic heterocycles. The molecule has 0 heterocycles. The van der Waals surface area contributed by atoms with Gasteiger partial charge >= 0.3 is 23.9 Å². The van der Waals surface area contributed by atoms with Crippen molar-refractivity contribution in [2.24, 2.45) is 34.5 Å². The van der Waals surface area contributed by atoms with Gasteiger partial charge in [0.25, 0.3) is 0 Å². The zero-order valence-electron chi connectivity index (χ0n) is 52.2. The molecule has 0 radical (unpaired) electrons. The second-order valence-electron chi connectivity index (χ2n) is 26.1. The van der Waals surface area contributed by atoms with Crippen molar-refractivity contribution >= 4 is 35.4 Å². The Labute approximate surface area is 494 Å². The molecule has 2 N–H and O–H groups in total. The number of rotatable bonds is 44. The van der Waals surface area contributed by atoms with Crippen LogP contribution in [-0.2, 0) is 47.7 Å². The molecular weight excluding hydrogens is 1040 g/mol. The number of carbonyl (C=O) groups excluding carboxylic acids is 6. The second kappa shape index (κ2) is 37.0. The number of unbranched alkanes of at least 4 members (excludes halogenated alkanes) is 22. The van der Waals surface area contributed by atoms with Gasteiger partial charge in [-0.25, -0.2) is 4.39 Å². The van der Waals surface area contributed by atoms with Crippen molar-refractivity contribution in [1.29, 1.82) is 0 Å². The first-order chi connectivity index (χ1) is 39.2. The zero-order valence-corrected chi connectivity index (χ0v) is 52.2. The number of carbonyl (C=O) groups is 6. The van der Waals surface area contributed by atoms with Crippen LogP contribution in [0.4, 0.5) is 4.39 Å². The van der Waals surface area contributed by atoms with Crippen LogP contribution in [0.1, 0.15) is 260 Å². The number of allylic oxidation sites excluding steroid dienone is 6. The minimum Gasteiger partial charge on any atom is -0.466 e. The van der Waals surface area contributed by atoms with E-state index in [2.05, 4.69) is 32.9 Å². The molecule has 468 valence electrons. The molecule has 0 aromatic carbocycles. The molecule has 3 fully saturated rings. The summed E-state index contributed by atoms with van der Waals surface area (Å²) < 4.78 is 40.0. The average Bonchev–Trinajstić information content (AvgIpc) is 1.37. The van der Waals surface area contributed by atoms with E-state index in [1.54, 1.807) is 26.8 Å². The van der Waals surface area contributed by atoms with Crippen LogP contribution in [0.5, 0.6) is 0 Å². The molecular formula is C68H112FNO12. The van der Waals surface area contributed by atoms with E-state index in [-0.39, 0.29) is 63.3 Å². The molecule has 4 rings (SSSR count). The summed E-state index contributed by atoms with van der Waals surface area (Å²) in [6.07, 6.45) is 39.5. The number of hydrogen-bond donors (Lipinski definition) is 2. The Morgan fingerprint density at radius 2 is 1.20 bits per heavy atom. The lowest BCUT2D eigenvalue weighted by molar-refractivity contribution is -0.220. The van der Waals surface area contributed by atoms with E-state index in [9.17, 15) is 39.0 Å².